The Kier molecular flexibility index (Phi) is 12.0. The van der Waals surface area contributed by atoms with Crippen molar-refractivity contribution >= 4 is 29.7 Å². The van der Waals surface area contributed by atoms with Crippen molar-refractivity contribution in [2.24, 2.45) is 28.1 Å². The number of carbonyl (C=O) groups is 4. The lowest BCUT2D eigenvalue weighted by molar-refractivity contribution is -0.139. The first-order valence-corrected chi connectivity index (χ1v) is 9.46. The summed E-state index contributed by atoms with van der Waals surface area (Å²) in [6, 6.07) is -3.34. The molecule has 0 rings (SSSR count). The number of nitrogens with one attached hydrogen (secondary N) is 3. The Bertz CT molecular complexity index is 634. The Hall–Kier alpha value is -2.93. The number of hydrogen-bond donors (Lipinski definition) is 8. The van der Waals surface area contributed by atoms with Gasteiger partial charge in [-0.1, -0.05) is 13.8 Å². The summed E-state index contributed by atoms with van der Waals surface area (Å²) in [6.45, 7) is 4.25. The highest BCUT2D eigenvalue weighted by molar-refractivity contribution is 5.94. The summed E-state index contributed by atoms with van der Waals surface area (Å²) in [5.41, 5.74) is 16.3. The molecule has 0 aliphatic carbocycles. The second kappa shape index (κ2) is 13.3. The van der Waals surface area contributed by atoms with Crippen LogP contribution in [0.2, 0.25) is 0 Å². The van der Waals surface area contributed by atoms with E-state index in [0.29, 0.717) is 13.0 Å². The van der Waals surface area contributed by atoms with Crippen molar-refractivity contribution < 1.29 is 29.4 Å². The van der Waals surface area contributed by atoms with Gasteiger partial charge in [0.1, 0.15) is 18.6 Å². The van der Waals surface area contributed by atoms with Crippen LogP contribution in [0.25, 0.3) is 0 Å². The molecule has 4 atom stereocenters. The highest BCUT2D eigenvalue weighted by Crippen LogP contribution is 2.05. The number of guanidine groups is 1. The van der Waals surface area contributed by atoms with Gasteiger partial charge in [0.2, 0.25) is 17.7 Å². The number of aliphatic hydroxyl groups excluding tert-OH is 1. The summed E-state index contributed by atoms with van der Waals surface area (Å²) in [7, 11) is 0. The highest BCUT2D eigenvalue weighted by Gasteiger charge is 2.32. The van der Waals surface area contributed by atoms with Crippen molar-refractivity contribution in [3.63, 3.8) is 0 Å². The zero-order valence-electron chi connectivity index (χ0n) is 17.4. The van der Waals surface area contributed by atoms with E-state index in [9.17, 15) is 24.3 Å². The number of aliphatic carboxylic acids is 1. The predicted octanol–water partition coefficient (Wildman–Crippen LogP) is -3.43. The van der Waals surface area contributed by atoms with Gasteiger partial charge in [-0.15, -0.1) is 0 Å². The summed E-state index contributed by atoms with van der Waals surface area (Å²) in [6.07, 6.45) is -0.564. The predicted molar refractivity (Wildman–Crippen MR) is 109 cm³/mol. The third-order valence-corrected chi connectivity index (χ3v) is 4.03. The van der Waals surface area contributed by atoms with Gasteiger partial charge in [-0.05, 0) is 25.7 Å². The quantitative estimate of drug-likeness (QED) is 0.0821. The normalized spacial score (nSPS) is 14.7. The molecule has 0 aliphatic heterocycles. The lowest BCUT2D eigenvalue weighted by Crippen LogP contribution is -2.59. The lowest BCUT2D eigenvalue weighted by atomic mass is 10.0. The molecule has 13 heteroatoms. The fourth-order valence-electron chi connectivity index (χ4n) is 2.37. The number of amides is 3. The van der Waals surface area contributed by atoms with Gasteiger partial charge in [0, 0.05) is 6.54 Å². The monoisotopic (exact) mass is 431 g/mol. The van der Waals surface area contributed by atoms with E-state index >= 15 is 0 Å². The van der Waals surface area contributed by atoms with Crippen LogP contribution in [-0.4, -0.2) is 77.2 Å². The van der Waals surface area contributed by atoms with Crippen LogP contribution in [0.5, 0.6) is 0 Å². The molecule has 4 unspecified atom stereocenters. The van der Waals surface area contributed by atoms with Crippen molar-refractivity contribution in [1.29, 1.82) is 0 Å². The van der Waals surface area contributed by atoms with Crippen LogP contribution >= 0.6 is 0 Å². The van der Waals surface area contributed by atoms with Crippen molar-refractivity contribution in [3.05, 3.63) is 0 Å². The average Bonchev–Trinajstić information content (AvgIpc) is 2.64. The number of carbonyl (C=O) groups excluding carboxylic acids is 3. The van der Waals surface area contributed by atoms with Crippen LogP contribution in [-0.2, 0) is 19.2 Å². The molecule has 0 saturated carbocycles. The first-order chi connectivity index (χ1) is 13.9. The maximum absolute atomic E-state index is 12.6. The molecule has 0 heterocycles. The first-order valence-electron chi connectivity index (χ1n) is 9.46. The van der Waals surface area contributed by atoms with Gasteiger partial charge < -0.3 is 43.4 Å². The average molecular weight is 431 g/mol. The molecule has 0 saturated heterocycles. The molecule has 30 heavy (non-hydrogen) atoms. The summed E-state index contributed by atoms with van der Waals surface area (Å²) < 4.78 is 0. The maximum Gasteiger partial charge on any atom is 0.322 e. The van der Waals surface area contributed by atoms with Gasteiger partial charge in [0.05, 0.1) is 12.1 Å². The van der Waals surface area contributed by atoms with Crippen LogP contribution < -0.4 is 33.2 Å². The lowest BCUT2D eigenvalue weighted by Gasteiger charge is -2.27. The summed E-state index contributed by atoms with van der Waals surface area (Å²) in [4.78, 5) is 51.4. The van der Waals surface area contributed by atoms with Gasteiger partial charge in [-0.2, -0.15) is 0 Å². The molecule has 0 aromatic rings. The second-order valence-electron chi connectivity index (χ2n) is 7.12. The molecule has 3 amide bonds. The van der Waals surface area contributed by atoms with E-state index in [1.54, 1.807) is 13.8 Å². The number of nitrogens with two attached hydrogens (primary N) is 3. The second-order valence-corrected chi connectivity index (χ2v) is 7.12. The number of hydrogen-bond acceptors (Lipinski definition) is 7. The number of aliphatic hydroxyl groups is 1. The fraction of sp³-hybridized carbons (Fsp3) is 0.706. The van der Waals surface area contributed by atoms with Gasteiger partial charge in [-0.25, -0.2) is 0 Å². The SMILES string of the molecule is CC(C)C(NC(=O)C(N)CCCN=C(N)N)C(=O)NC(C(=O)NCC(=O)O)C(C)O. The third kappa shape index (κ3) is 10.6. The Morgan fingerprint density at radius 2 is 1.53 bits per heavy atom. The molecule has 172 valence electrons. The first kappa shape index (κ1) is 27.1. The molecule has 0 aromatic carbocycles. The van der Waals surface area contributed by atoms with Crippen molar-refractivity contribution in [3.8, 4) is 0 Å². The van der Waals surface area contributed by atoms with Gasteiger partial charge >= 0.3 is 5.97 Å². The minimum atomic E-state index is -1.40. The highest BCUT2D eigenvalue weighted by atomic mass is 16.4. The third-order valence-electron chi connectivity index (χ3n) is 4.03. The van der Waals surface area contributed by atoms with E-state index in [4.69, 9.17) is 22.3 Å². The Balaban J connectivity index is 4.98. The molecule has 0 bridgehead atoms. The van der Waals surface area contributed by atoms with Gasteiger partial charge in [-0.3, -0.25) is 24.2 Å². The van der Waals surface area contributed by atoms with Crippen molar-refractivity contribution in [2.45, 2.75) is 57.8 Å². The molecule has 0 aromatic heterocycles. The zero-order chi connectivity index (χ0) is 23.4. The minimum absolute atomic E-state index is 0.0652. The van der Waals surface area contributed by atoms with Crippen LogP contribution in [0.3, 0.4) is 0 Å². The molecule has 0 fully saturated rings. The van der Waals surface area contributed by atoms with E-state index in [-0.39, 0.29) is 18.3 Å². The molecule has 11 N–H and O–H groups in total. The molecular formula is C17H33N7O6. The Morgan fingerprint density at radius 1 is 0.967 bits per heavy atom. The zero-order valence-corrected chi connectivity index (χ0v) is 17.4. The van der Waals surface area contributed by atoms with Crippen LogP contribution in [0.1, 0.15) is 33.6 Å². The van der Waals surface area contributed by atoms with E-state index in [1.165, 1.54) is 6.92 Å². The number of aliphatic imine (C=N–C) groups is 1. The van der Waals surface area contributed by atoms with Crippen LogP contribution in [0, 0.1) is 5.92 Å². The number of rotatable bonds is 13. The molecule has 0 radical (unpaired) electrons. The van der Waals surface area contributed by atoms with Crippen LogP contribution in [0.4, 0.5) is 0 Å². The minimum Gasteiger partial charge on any atom is -0.480 e. The number of carboxylic acids is 1. The molecule has 13 nitrogen and oxygen atoms in total. The van der Waals surface area contributed by atoms with E-state index in [0.717, 1.165) is 0 Å². The number of nitrogens with zero attached hydrogens (tertiary/aromatic N) is 1. The molecule has 0 aliphatic rings. The van der Waals surface area contributed by atoms with Crippen LogP contribution in [0.15, 0.2) is 4.99 Å². The summed E-state index contributed by atoms with van der Waals surface area (Å²) >= 11 is 0. The molecular weight excluding hydrogens is 398 g/mol. The summed E-state index contributed by atoms with van der Waals surface area (Å²) in [5, 5.41) is 25.4. The van der Waals surface area contributed by atoms with Crippen molar-refractivity contribution in [2.75, 3.05) is 13.1 Å². The van der Waals surface area contributed by atoms with Crippen molar-refractivity contribution in [1.82, 2.24) is 16.0 Å². The van der Waals surface area contributed by atoms with E-state index < -0.39 is 54.5 Å². The Labute approximate surface area is 174 Å². The standard InChI is InChI=1S/C17H33N7O6/c1-8(2)12(23-14(28)10(18)5-4-6-21-17(19)20)16(30)24-13(9(3)25)15(29)22-7-11(26)27/h8-10,12-13,25H,4-7,18H2,1-3H3,(H,22,29)(H,23,28)(H,24,30)(H,26,27)(H4,19,20,21). The van der Waals surface area contributed by atoms with Gasteiger partial charge in [0.15, 0.2) is 5.96 Å². The Morgan fingerprint density at radius 3 is 2.00 bits per heavy atom. The maximum atomic E-state index is 12.6. The smallest absolute Gasteiger partial charge is 0.322 e. The largest absolute Gasteiger partial charge is 0.480 e. The topological polar surface area (TPSA) is 235 Å². The summed E-state index contributed by atoms with van der Waals surface area (Å²) in [5.74, 6) is -3.87. The van der Waals surface area contributed by atoms with E-state index in [1.807, 2.05) is 0 Å². The fourth-order valence-corrected chi connectivity index (χ4v) is 2.37. The molecule has 0 spiro atoms. The number of carboxylic acid groups (broad SMARTS) is 1. The van der Waals surface area contributed by atoms with E-state index in [2.05, 4.69) is 20.9 Å². The van der Waals surface area contributed by atoms with Gasteiger partial charge in [0.25, 0.3) is 0 Å².